The highest BCUT2D eigenvalue weighted by Gasteiger charge is 2.44. The zero-order valence-electron chi connectivity index (χ0n) is 17.6. The molecule has 158 valence electrons. The van der Waals surface area contributed by atoms with Crippen LogP contribution in [-0.4, -0.2) is 84.9 Å². The van der Waals surface area contributed by atoms with Crippen LogP contribution in [0.2, 0.25) is 0 Å². The minimum atomic E-state index is 0.161. The van der Waals surface area contributed by atoms with E-state index in [9.17, 15) is 9.59 Å². The van der Waals surface area contributed by atoms with Gasteiger partial charge in [-0.15, -0.1) is 0 Å². The van der Waals surface area contributed by atoms with Crippen LogP contribution < -0.4 is 5.32 Å². The Kier molecular flexibility index (Phi) is 6.56. The van der Waals surface area contributed by atoms with E-state index >= 15 is 0 Å². The molecule has 0 radical (unpaired) electrons. The highest BCUT2D eigenvalue weighted by molar-refractivity contribution is 5.78. The Labute approximate surface area is 170 Å². The number of carbonyl (C=O) groups excluding carboxylic acids is 2. The number of piperidine rings is 3. The molecular weight excluding hydrogens is 352 g/mol. The molecule has 2 unspecified atom stereocenters. The zero-order chi connectivity index (χ0) is 19.5. The maximum Gasteiger partial charge on any atom is 0.234 e. The molecule has 1 aliphatic carbocycles. The van der Waals surface area contributed by atoms with E-state index in [2.05, 4.69) is 27.1 Å². The first-order chi connectivity index (χ1) is 13.6. The van der Waals surface area contributed by atoms with E-state index in [0.29, 0.717) is 36.4 Å². The topological polar surface area (TPSA) is 55.9 Å². The average Bonchev–Trinajstić information content (AvgIpc) is 2.69. The number of hydrogen-bond acceptors (Lipinski definition) is 4. The lowest BCUT2D eigenvalue weighted by Gasteiger charge is -2.52. The third-order valence-electron chi connectivity index (χ3n) is 7.61. The van der Waals surface area contributed by atoms with Gasteiger partial charge in [0, 0.05) is 51.2 Å². The van der Waals surface area contributed by atoms with Crippen molar-refractivity contribution in [3.63, 3.8) is 0 Å². The molecule has 28 heavy (non-hydrogen) atoms. The molecule has 6 heteroatoms. The van der Waals surface area contributed by atoms with Crippen molar-refractivity contribution in [2.75, 3.05) is 46.3 Å². The van der Waals surface area contributed by atoms with E-state index in [1.165, 1.54) is 38.5 Å². The lowest BCUT2D eigenvalue weighted by atomic mass is 9.76. The Morgan fingerprint density at radius 1 is 1.11 bits per heavy atom. The van der Waals surface area contributed by atoms with Crippen LogP contribution in [0, 0.1) is 11.8 Å². The fraction of sp³-hybridized carbons (Fsp3) is 0.909. The van der Waals surface area contributed by atoms with Gasteiger partial charge in [0.15, 0.2) is 0 Å². The first kappa shape index (κ1) is 20.1. The molecule has 0 spiro atoms. The molecular formula is C22H38N4O2. The number of nitrogens with one attached hydrogen (secondary N) is 1. The molecule has 0 aromatic carbocycles. The minimum Gasteiger partial charge on any atom is -0.354 e. The van der Waals surface area contributed by atoms with Crippen molar-refractivity contribution in [3.05, 3.63) is 0 Å². The van der Waals surface area contributed by atoms with Crippen LogP contribution in [0.5, 0.6) is 0 Å². The van der Waals surface area contributed by atoms with E-state index in [1.807, 2.05) is 0 Å². The van der Waals surface area contributed by atoms with Gasteiger partial charge in [0.2, 0.25) is 11.8 Å². The monoisotopic (exact) mass is 390 g/mol. The van der Waals surface area contributed by atoms with E-state index in [0.717, 1.165) is 52.0 Å². The van der Waals surface area contributed by atoms with Crippen LogP contribution in [0.1, 0.15) is 57.8 Å². The van der Waals surface area contributed by atoms with E-state index in [-0.39, 0.29) is 5.91 Å². The molecule has 4 fully saturated rings. The van der Waals surface area contributed by atoms with Gasteiger partial charge in [0.1, 0.15) is 0 Å². The summed E-state index contributed by atoms with van der Waals surface area (Å²) in [6.07, 6.45) is 10.9. The second-order valence-electron chi connectivity index (χ2n) is 9.68. The normalized spacial score (nSPS) is 31.7. The van der Waals surface area contributed by atoms with Crippen molar-refractivity contribution in [1.82, 2.24) is 20.0 Å². The largest absolute Gasteiger partial charge is 0.354 e. The van der Waals surface area contributed by atoms with Gasteiger partial charge in [0.05, 0.1) is 6.54 Å². The van der Waals surface area contributed by atoms with Crippen molar-refractivity contribution in [3.8, 4) is 0 Å². The van der Waals surface area contributed by atoms with Crippen LogP contribution in [0.15, 0.2) is 0 Å². The van der Waals surface area contributed by atoms with Gasteiger partial charge < -0.3 is 15.1 Å². The lowest BCUT2D eigenvalue weighted by Crippen LogP contribution is -2.61. The van der Waals surface area contributed by atoms with Gasteiger partial charge in [0.25, 0.3) is 0 Å². The summed E-state index contributed by atoms with van der Waals surface area (Å²) in [4.78, 5) is 31.7. The Balaban J connectivity index is 1.19. The molecule has 4 aliphatic rings. The first-order valence-corrected chi connectivity index (χ1v) is 11.6. The molecule has 2 bridgehead atoms. The summed E-state index contributed by atoms with van der Waals surface area (Å²) < 4.78 is 0. The maximum absolute atomic E-state index is 12.5. The molecule has 1 saturated carbocycles. The number of likely N-dealkylation sites (N-methyl/N-ethyl adjacent to an activating group) is 1. The van der Waals surface area contributed by atoms with E-state index < -0.39 is 0 Å². The molecule has 3 aliphatic heterocycles. The summed E-state index contributed by atoms with van der Waals surface area (Å²) in [7, 11) is 2.20. The third-order valence-corrected chi connectivity index (χ3v) is 7.61. The predicted molar refractivity (Wildman–Crippen MR) is 110 cm³/mol. The van der Waals surface area contributed by atoms with Gasteiger partial charge in [-0.25, -0.2) is 0 Å². The second-order valence-corrected chi connectivity index (χ2v) is 9.68. The van der Waals surface area contributed by atoms with Crippen LogP contribution in [0.25, 0.3) is 0 Å². The Hall–Kier alpha value is -1.14. The lowest BCUT2D eigenvalue weighted by molar-refractivity contribution is -0.145. The number of likely N-dealkylation sites (tertiary alicyclic amines) is 1. The average molecular weight is 391 g/mol. The molecule has 6 nitrogen and oxygen atoms in total. The second kappa shape index (κ2) is 9.12. The number of hydrogen-bond donors (Lipinski definition) is 1. The van der Waals surface area contributed by atoms with Crippen molar-refractivity contribution in [2.24, 2.45) is 11.8 Å². The molecule has 1 N–H and O–H groups in total. The van der Waals surface area contributed by atoms with Crippen LogP contribution in [0.4, 0.5) is 0 Å². The highest BCUT2D eigenvalue weighted by Crippen LogP contribution is 2.37. The Morgan fingerprint density at radius 3 is 2.75 bits per heavy atom. The van der Waals surface area contributed by atoms with Crippen molar-refractivity contribution in [1.29, 1.82) is 0 Å². The van der Waals surface area contributed by atoms with Gasteiger partial charge in [-0.3, -0.25) is 14.5 Å². The minimum absolute atomic E-state index is 0.161. The van der Waals surface area contributed by atoms with Crippen molar-refractivity contribution in [2.45, 2.75) is 69.9 Å². The number of carbonyl (C=O) groups is 2. The van der Waals surface area contributed by atoms with Crippen molar-refractivity contribution < 1.29 is 9.59 Å². The van der Waals surface area contributed by atoms with E-state index in [4.69, 9.17) is 0 Å². The summed E-state index contributed by atoms with van der Waals surface area (Å²) >= 11 is 0. The molecule has 3 saturated heterocycles. The smallest absolute Gasteiger partial charge is 0.234 e. The predicted octanol–water partition coefficient (Wildman–Crippen LogP) is 1.70. The quantitative estimate of drug-likeness (QED) is 0.750. The van der Waals surface area contributed by atoms with Crippen molar-refractivity contribution >= 4 is 11.8 Å². The summed E-state index contributed by atoms with van der Waals surface area (Å²) in [6.45, 7) is 5.05. The Morgan fingerprint density at radius 2 is 1.93 bits per heavy atom. The summed E-state index contributed by atoms with van der Waals surface area (Å²) in [6, 6.07) is 1.13. The molecule has 3 atom stereocenters. The molecule has 0 aromatic rings. The number of amides is 2. The zero-order valence-corrected chi connectivity index (χ0v) is 17.6. The van der Waals surface area contributed by atoms with Crippen LogP contribution in [0.3, 0.4) is 0 Å². The fourth-order valence-corrected chi connectivity index (χ4v) is 6.18. The molecule has 3 heterocycles. The number of rotatable bonds is 6. The van der Waals surface area contributed by atoms with Crippen LogP contribution >= 0.6 is 0 Å². The maximum atomic E-state index is 12.5. The van der Waals surface area contributed by atoms with Gasteiger partial charge in [-0.1, -0.05) is 19.3 Å². The third kappa shape index (κ3) is 4.70. The highest BCUT2D eigenvalue weighted by atomic mass is 16.2. The molecule has 2 amide bonds. The van der Waals surface area contributed by atoms with E-state index in [1.54, 1.807) is 0 Å². The van der Waals surface area contributed by atoms with Crippen LogP contribution in [-0.2, 0) is 9.59 Å². The van der Waals surface area contributed by atoms with Gasteiger partial charge in [-0.2, -0.15) is 0 Å². The summed E-state index contributed by atoms with van der Waals surface area (Å²) in [5.74, 6) is 1.62. The molecule has 4 rings (SSSR count). The van der Waals surface area contributed by atoms with Gasteiger partial charge >= 0.3 is 0 Å². The number of fused-ring (bicyclic) bond motifs is 4. The SMILES string of the molecule is CN(CCNC(=O)CN1CC2CC(C1)[C@H]1CCCC(=O)N1C2)C1CCCCC1. The first-order valence-electron chi connectivity index (χ1n) is 11.6. The Bertz CT molecular complexity index is 563. The fourth-order valence-electron chi connectivity index (χ4n) is 6.18. The standard InChI is InChI=1S/C22H38N4O2/c1-24(19-6-3-2-4-7-19)11-10-23-21(27)16-25-13-17-12-18(15-25)20-8-5-9-22(28)26(20)14-17/h17-20H,2-16H2,1H3,(H,23,27)/t17?,18?,20-/m1/s1. The summed E-state index contributed by atoms with van der Waals surface area (Å²) in [5.41, 5.74) is 0. The summed E-state index contributed by atoms with van der Waals surface area (Å²) in [5, 5.41) is 3.14. The van der Waals surface area contributed by atoms with Gasteiger partial charge in [-0.05, 0) is 51.0 Å². The number of nitrogens with zero attached hydrogens (tertiary/aromatic N) is 3. The molecule has 0 aromatic heterocycles.